The van der Waals surface area contributed by atoms with Crippen molar-refractivity contribution in [3.05, 3.63) is 47.5 Å². The molecule has 1 N–H and O–H groups in total. The van der Waals surface area contributed by atoms with Gasteiger partial charge in [-0.05, 0) is 48.7 Å². The van der Waals surface area contributed by atoms with Gasteiger partial charge < -0.3 is 29.2 Å². The topological polar surface area (TPSA) is 86.3 Å². The third-order valence-corrected chi connectivity index (χ3v) is 5.69. The van der Waals surface area contributed by atoms with Crippen molar-refractivity contribution in [2.24, 2.45) is 5.92 Å². The molecule has 2 aliphatic rings. The molecule has 31 heavy (non-hydrogen) atoms. The van der Waals surface area contributed by atoms with Gasteiger partial charge in [-0.2, -0.15) is 0 Å². The van der Waals surface area contributed by atoms with Gasteiger partial charge in [-0.1, -0.05) is 6.07 Å². The van der Waals surface area contributed by atoms with Gasteiger partial charge in [0.2, 0.25) is 12.7 Å². The summed E-state index contributed by atoms with van der Waals surface area (Å²) in [5, 5.41) is 2.99. The van der Waals surface area contributed by atoms with Crippen LogP contribution >= 0.6 is 0 Å². The van der Waals surface area contributed by atoms with E-state index in [0.29, 0.717) is 55.3 Å². The van der Waals surface area contributed by atoms with E-state index in [4.69, 9.17) is 18.9 Å². The Bertz CT molecular complexity index is 969. The minimum atomic E-state index is -0.108. The number of rotatable bonds is 6. The predicted molar refractivity (Wildman–Crippen MR) is 113 cm³/mol. The molecule has 0 radical (unpaired) electrons. The highest BCUT2D eigenvalue weighted by Crippen LogP contribution is 2.32. The number of fused-ring (bicyclic) bond motifs is 1. The van der Waals surface area contributed by atoms with E-state index < -0.39 is 0 Å². The fourth-order valence-corrected chi connectivity index (χ4v) is 3.88. The molecule has 1 fully saturated rings. The molecule has 164 valence electrons. The molecule has 2 aromatic carbocycles. The first-order chi connectivity index (χ1) is 15.1. The Balaban J connectivity index is 1.29. The van der Waals surface area contributed by atoms with Gasteiger partial charge >= 0.3 is 0 Å². The number of nitrogens with zero attached hydrogens (tertiary/aromatic N) is 1. The summed E-state index contributed by atoms with van der Waals surface area (Å²) in [6.45, 7) is 1.73. The lowest BCUT2D eigenvalue weighted by Gasteiger charge is -2.31. The van der Waals surface area contributed by atoms with Crippen LogP contribution in [0.15, 0.2) is 36.4 Å². The van der Waals surface area contributed by atoms with Crippen molar-refractivity contribution in [1.29, 1.82) is 0 Å². The van der Waals surface area contributed by atoms with Crippen LogP contribution in [0.3, 0.4) is 0 Å². The number of piperidine rings is 1. The van der Waals surface area contributed by atoms with Crippen LogP contribution < -0.4 is 24.3 Å². The van der Waals surface area contributed by atoms with Crippen LogP contribution in [0, 0.1) is 5.92 Å². The summed E-state index contributed by atoms with van der Waals surface area (Å²) in [6, 6.07) is 10.8. The van der Waals surface area contributed by atoms with Gasteiger partial charge in [0.05, 0.1) is 14.2 Å². The zero-order valence-electron chi connectivity index (χ0n) is 17.7. The number of carbonyl (C=O) groups is 2. The average Bonchev–Trinajstić information content (AvgIpc) is 3.29. The third-order valence-electron chi connectivity index (χ3n) is 5.69. The highest BCUT2D eigenvalue weighted by atomic mass is 16.7. The second-order valence-electron chi connectivity index (χ2n) is 7.54. The van der Waals surface area contributed by atoms with E-state index in [0.717, 1.165) is 11.3 Å². The van der Waals surface area contributed by atoms with Gasteiger partial charge in [0.1, 0.15) is 0 Å². The molecular formula is C23H26N2O6. The normalized spacial score (nSPS) is 15.5. The molecule has 1 saturated heterocycles. The smallest absolute Gasteiger partial charge is 0.253 e. The van der Waals surface area contributed by atoms with Gasteiger partial charge in [-0.3, -0.25) is 9.59 Å². The van der Waals surface area contributed by atoms with Gasteiger partial charge in [0, 0.05) is 31.1 Å². The Morgan fingerprint density at radius 2 is 1.74 bits per heavy atom. The first-order valence-corrected chi connectivity index (χ1v) is 10.3. The predicted octanol–water partition coefficient (Wildman–Crippen LogP) is 2.60. The number of amides is 2. The monoisotopic (exact) mass is 426 g/mol. The molecule has 0 saturated carbocycles. The van der Waals surface area contributed by atoms with Crippen molar-refractivity contribution < 1.29 is 28.5 Å². The lowest BCUT2D eigenvalue weighted by Crippen LogP contribution is -2.42. The molecule has 8 heteroatoms. The van der Waals surface area contributed by atoms with Gasteiger partial charge in [-0.25, -0.2) is 0 Å². The van der Waals surface area contributed by atoms with E-state index in [1.54, 1.807) is 37.3 Å². The molecule has 0 aliphatic carbocycles. The van der Waals surface area contributed by atoms with Crippen LogP contribution in [0.1, 0.15) is 28.8 Å². The largest absolute Gasteiger partial charge is 0.493 e. The molecular weight excluding hydrogens is 400 g/mol. The van der Waals surface area contributed by atoms with Crippen LogP contribution in [-0.4, -0.2) is 50.8 Å². The maximum absolute atomic E-state index is 12.9. The second kappa shape index (κ2) is 9.16. The van der Waals surface area contributed by atoms with Crippen molar-refractivity contribution in [1.82, 2.24) is 10.2 Å². The fraction of sp³-hybridized carbons (Fsp3) is 0.391. The van der Waals surface area contributed by atoms with E-state index >= 15 is 0 Å². The van der Waals surface area contributed by atoms with Crippen molar-refractivity contribution >= 4 is 11.8 Å². The lowest BCUT2D eigenvalue weighted by atomic mass is 9.95. The van der Waals surface area contributed by atoms with E-state index in [1.165, 1.54) is 0 Å². The summed E-state index contributed by atoms with van der Waals surface area (Å²) in [4.78, 5) is 27.2. The molecule has 0 bridgehead atoms. The number of nitrogens with one attached hydrogen (secondary N) is 1. The first kappa shape index (κ1) is 20.8. The number of carbonyl (C=O) groups excluding carboxylic acids is 2. The molecule has 0 spiro atoms. The summed E-state index contributed by atoms with van der Waals surface area (Å²) in [5.74, 6) is 2.36. The van der Waals surface area contributed by atoms with Crippen LogP contribution in [0.25, 0.3) is 0 Å². The first-order valence-electron chi connectivity index (χ1n) is 10.3. The van der Waals surface area contributed by atoms with E-state index in [2.05, 4.69) is 5.32 Å². The number of ether oxygens (including phenoxy) is 4. The minimum absolute atomic E-state index is 0.0101. The Hall–Kier alpha value is -3.42. The molecule has 8 nitrogen and oxygen atoms in total. The summed E-state index contributed by atoms with van der Waals surface area (Å²) in [5.41, 5.74) is 1.50. The van der Waals surface area contributed by atoms with Crippen molar-refractivity contribution in [2.75, 3.05) is 34.1 Å². The summed E-state index contributed by atoms with van der Waals surface area (Å²) < 4.78 is 21.2. The molecule has 4 rings (SSSR count). The molecule has 0 unspecified atom stereocenters. The molecule has 2 aromatic rings. The highest BCUT2D eigenvalue weighted by molar-refractivity contribution is 5.95. The van der Waals surface area contributed by atoms with Crippen molar-refractivity contribution in [3.8, 4) is 23.0 Å². The summed E-state index contributed by atoms with van der Waals surface area (Å²) in [7, 11) is 3.10. The number of benzene rings is 2. The summed E-state index contributed by atoms with van der Waals surface area (Å²) >= 11 is 0. The van der Waals surface area contributed by atoms with E-state index in [-0.39, 0.29) is 24.5 Å². The quantitative estimate of drug-likeness (QED) is 0.764. The summed E-state index contributed by atoms with van der Waals surface area (Å²) in [6.07, 6.45) is 1.26. The number of likely N-dealkylation sites (tertiary alicyclic amines) is 1. The van der Waals surface area contributed by atoms with Crippen LogP contribution in [0.4, 0.5) is 0 Å². The van der Waals surface area contributed by atoms with Crippen LogP contribution in [0.5, 0.6) is 23.0 Å². The van der Waals surface area contributed by atoms with E-state index in [1.807, 2.05) is 18.2 Å². The SMILES string of the molecule is COc1ccc(C(=O)N2CCC(C(=O)NCc3ccc4c(c3)OCO4)CC2)cc1OC. The lowest BCUT2D eigenvalue weighted by molar-refractivity contribution is -0.126. The molecule has 2 amide bonds. The molecule has 0 atom stereocenters. The number of hydrogen-bond acceptors (Lipinski definition) is 6. The van der Waals surface area contributed by atoms with Crippen LogP contribution in [0.2, 0.25) is 0 Å². The maximum Gasteiger partial charge on any atom is 0.253 e. The van der Waals surface area contributed by atoms with Crippen molar-refractivity contribution in [2.45, 2.75) is 19.4 Å². The molecule has 2 heterocycles. The Kier molecular flexibility index (Phi) is 6.16. The Labute approximate surface area is 181 Å². The van der Waals surface area contributed by atoms with Gasteiger partial charge in [-0.15, -0.1) is 0 Å². The standard InChI is InChI=1S/C23H26N2O6/c1-28-18-6-4-17(12-20(18)29-2)23(27)25-9-7-16(8-10-25)22(26)24-13-15-3-5-19-21(11-15)31-14-30-19/h3-6,11-12,16H,7-10,13-14H2,1-2H3,(H,24,26). The average molecular weight is 426 g/mol. The zero-order valence-corrected chi connectivity index (χ0v) is 17.7. The van der Waals surface area contributed by atoms with Crippen molar-refractivity contribution in [3.63, 3.8) is 0 Å². The fourth-order valence-electron chi connectivity index (χ4n) is 3.88. The maximum atomic E-state index is 12.9. The number of methoxy groups -OCH3 is 2. The number of hydrogen-bond donors (Lipinski definition) is 1. The third kappa shape index (κ3) is 4.52. The highest BCUT2D eigenvalue weighted by Gasteiger charge is 2.28. The zero-order chi connectivity index (χ0) is 21.8. The molecule has 0 aromatic heterocycles. The Morgan fingerprint density at radius 3 is 2.48 bits per heavy atom. The second-order valence-corrected chi connectivity index (χ2v) is 7.54. The van der Waals surface area contributed by atoms with Crippen LogP contribution in [-0.2, 0) is 11.3 Å². The Morgan fingerprint density at radius 1 is 1.00 bits per heavy atom. The van der Waals surface area contributed by atoms with E-state index in [9.17, 15) is 9.59 Å². The minimum Gasteiger partial charge on any atom is -0.493 e. The molecule has 2 aliphatic heterocycles. The van der Waals surface area contributed by atoms with Gasteiger partial charge in [0.25, 0.3) is 5.91 Å². The van der Waals surface area contributed by atoms with Gasteiger partial charge in [0.15, 0.2) is 23.0 Å².